The Hall–Kier alpha value is -1.34. The highest BCUT2D eigenvalue weighted by Crippen LogP contribution is 2.19. The Kier molecular flexibility index (Phi) is 4.75. The molecule has 110 valence electrons. The minimum Gasteiger partial charge on any atom is -0.480 e. The summed E-state index contributed by atoms with van der Waals surface area (Å²) in [5.74, 6) is -1.09. The lowest BCUT2D eigenvalue weighted by molar-refractivity contribution is -0.143. The Labute approximate surface area is 113 Å². The second-order valence-corrected chi connectivity index (χ2v) is 5.82. The average molecular weight is 273 g/mol. The molecule has 3 N–H and O–H groups in total. The maximum Gasteiger partial charge on any atom is 0.328 e. The van der Waals surface area contributed by atoms with E-state index in [2.05, 4.69) is 5.32 Å². The van der Waals surface area contributed by atoms with Gasteiger partial charge in [-0.1, -0.05) is 0 Å². The number of aliphatic carboxylic acids is 1. The molecule has 2 unspecified atom stereocenters. The fourth-order valence-corrected chi connectivity index (χ4v) is 2.13. The number of aliphatic hydroxyl groups is 1. The first-order valence-electron chi connectivity index (χ1n) is 6.28. The molecule has 19 heavy (non-hydrogen) atoms. The van der Waals surface area contributed by atoms with Gasteiger partial charge in [0.05, 0.1) is 6.10 Å². The van der Waals surface area contributed by atoms with E-state index in [-0.39, 0.29) is 12.6 Å². The molecule has 0 spiro atoms. The van der Waals surface area contributed by atoms with Gasteiger partial charge in [0.25, 0.3) is 0 Å². The first kappa shape index (κ1) is 15.7. The zero-order chi connectivity index (χ0) is 14.8. The molecule has 2 amide bonds. The molecular weight excluding hydrogens is 250 g/mol. The molecule has 1 rings (SSSR count). The quantitative estimate of drug-likeness (QED) is 0.645. The Balaban J connectivity index is 2.71. The average Bonchev–Trinajstić information content (AvgIpc) is 2.57. The number of hydrogen-bond donors (Lipinski definition) is 3. The van der Waals surface area contributed by atoms with Crippen LogP contribution in [-0.4, -0.2) is 76.9 Å². The normalized spacial score (nSPS) is 23.8. The lowest BCUT2D eigenvalue weighted by Crippen LogP contribution is -2.56. The van der Waals surface area contributed by atoms with Crippen LogP contribution in [0.5, 0.6) is 0 Å². The van der Waals surface area contributed by atoms with Gasteiger partial charge in [0.2, 0.25) is 0 Å². The summed E-state index contributed by atoms with van der Waals surface area (Å²) in [5.41, 5.74) is -1.33. The predicted octanol–water partition coefficient (Wildman–Crippen LogP) is -0.444. The van der Waals surface area contributed by atoms with Crippen molar-refractivity contribution < 1.29 is 19.8 Å². The Morgan fingerprint density at radius 1 is 1.42 bits per heavy atom. The van der Waals surface area contributed by atoms with Crippen molar-refractivity contribution in [2.24, 2.45) is 0 Å². The summed E-state index contributed by atoms with van der Waals surface area (Å²) in [4.78, 5) is 26.6. The third-order valence-electron chi connectivity index (χ3n) is 3.18. The van der Waals surface area contributed by atoms with E-state index in [0.717, 1.165) is 0 Å². The van der Waals surface area contributed by atoms with Gasteiger partial charge >= 0.3 is 12.0 Å². The molecule has 0 saturated carbocycles. The second kappa shape index (κ2) is 5.75. The number of likely N-dealkylation sites (N-methyl/N-ethyl adjacent to an activating group) is 1. The van der Waals surface area contributed by atoms with E-state index >= 15 is 0 Å². The minimum absolute atomic E-state index is 0.102. The second-order valence-electron chi connectivity index (χ2n) is 5.82. The summed E-state index contributed by atoms with van der Waals surface area (Å²) >= 11 is 0. The van der Waals surface area contributed by atoms with Crippen molar-refractivity contribution in [2.75, 3.05) is 27.2 Å². The van der Waals surface area contributed by atoms with E-state index in [9.17, 15) is 14.7 Å². The van der Waals surface area contributed by atoms with Crippen LogP contribution in [0.4, 0.5) is 4.79 Å². The van der Waals surface area contributed by atoms with Crippen LogP contribution in [0.1, 0.15) is 20.3 Å². The first-order chi connectivity index (χ1) is 8.63. The van der Waals surface area contributed by atoms with Crippen LogP contribution in [0.25, 0.3) is 0 Å². The van der Waals surface area contributed by atoms with Crippen molar-refractivity contribution in [2.45, 2.75) is 38.0 Å². The van der Waals surface area contributed by atoms with Gasteiger partial charge in [-0.3, -0.25) is 0 Å². The molecule has 0 bridgehead atoms. The highest BCUT2D eigenvalue weighted by atomic mass is 16.4. The summed E-state index contributed by atoms with van der Waals surface area (Å²) in [6.45, 7) is 3.74. The summed E-state index contributed by atoms with van der Waals surface area (Å²) in [6, 6.07) is -0.551. The van der Waals surface area contributed by atoms with E-state index in [0.29, 0.717) is 13.0 Å². The van der Waals surface area contributed by atoms with Gasteiger partial charge < -0.3 is 25.3 Å². The Bertz CT molecular complexity index is 357. The number of hydrogen-bond acceptors (Lipinski definition) is 4. The fourth-order valence-electron chi connectivity index (χ4n) is 2.13. The van der Waals surface area contributed by atoms with Crippen molar-refractivity contribution in [1.29, 1.82) is 0 Å². The number of urea groups is 1. The van der Waals surface area contributed by atoms with Gasteiger partial charge in [0.15, 0.2) is 0 Å². The van der Waals surface area contributed by atoms with Crippen LogP contribution < -0.4 is 5.32 Å². The van der Waals surface area contributed by atoms with E-state index in [1.807, 2.05) is 19.0 Å². The number of nitrogens with one attached hydrogen (secondary N) is 1. The molecule has 1 fully saturated rings. The molecule has 1 heterocycles. The van der Waals surface area contributed by atoms with E-state index < -0.39 is 23.6 Å². The summed E-state index contributed by atoms with van der Waals surface area (Å²) in [5, 5.41) is 21.2. The highest BCUT2D eigenvalue weighted by Gasteiger charge is 2.38. The number of carboxylic acids is 1. The summed E-state index contributed by atoms with van der Waals surface area (Å²) in [7, 11) is 3.78. The van der Waals surface area contributed by atoms with Crippen molar-refractivity contribution in [3.8, 4) is 0 Å². The largest absolute Gasteiger partial charge is 0.480 e. The van der Waals surface area contributed by atoms with Gasteiger partial charge in [0, 0.05) is 19.1 Å². The monoisotopic (exact) mass is 273 g/mol. The molecule has 1 saturated heterocycles. The van der Waals surface area contributed by atoms with Crippen molar-refractivity contribution in [3.63, 3.8) is 0 Å². The molecule has 0 aliphatic carbocycles. The lowest BCUT2D eigenvalue weighted by Gasteiger charge is -2.30. The molecule has 0 aromatic heterocycles. The highest BCUT2D eigenvalue weighted by molar-refractivity contribution is 5.85. The molecule has 7 nitrogen and oxygen atoms in total. The number of carbonyl (C=O) groups excluding carboxylic acids is 1. The number of carbonyl (C=O) groups is 2. The molecule has 1 aliphatic rings. The number of β-amino-alcohol motifs (C(OH)–C–C–N with tert-alkyl or cyclic N) is 1. The summed E-state index contributed by atoms with van der Waals surface area (Å²) < 4.78 is 0. The molecule has 0 aromatic rings. The van der Waals surface area contributed by atoms with Crippen molar-refractivity contribution >= 4 is 12.0 Å². The van der Waals surface area contributed by atoms with Crippen molar-refractivity contribution in [3.05, 3.63) is 0 Å². The molecule has 0 aromatic carbocycles. The van der Waals surface area contributed by atoms with Gasteiger partial charge in [-0.05, 0) is 34.4 Å². The van der Waals surface area contributed by atoms with Crippen LogP contribution in [0, 0.1) is 0 Å². The maximum absolute atomic E-state index is 12.1. The van der Waals surface area contributed by atoms with E-state index in [1.165, 1.54) is 18.7 Å². The fraction of sp³-hybridized carbons (Fsp3) is 0.833. The van der Waals surface area contributed by atoms with Gasteiger partial charge in [-0.2, -0.15) is 0 Å². The zero-order valence-electron chi connectivity index (χ0n) is 11.9. The van der Waals surface area contributed by atoms with Crippen LogP contribution in [0.3, 0.4) is 0 Å². The van der Waals surface area contributed by atoms with Crippen LogP contribution in [0.15, 0.2) is 0 Å². The van der Waals surface area contributed by atoms with Gasteiger partial charge in [0.1, 0.15) is 5.54 Å². The van der Waals surface area contributed by atoms with Crippen molar-refractivity contribution in [1.82, 2.24) is 15.1 Å². The number of nitrogens with zero attached hydrogens (tertiary/aromatic N) is 2. The lowest BCUT2D eigenvalue weighted by atomic mass is 10.1. The SMILES string of the molecule is CN(C)CC1CC(O)CN1C(=O)NC(C)(C)C(=O)O. The van der Waals surface area contributed by atoms with E-state index in [4.69, 9.17) is 5.11 Å². The molecule has 7 heteroatoms. The van der Waals surface area contributed by atoms with Gasteiger partial charge in [-0.25, -0.2) is 9.59 Å². The number of rotatable bonds is 4. The van der Waals surface area contributed by atoms with Crippen LogP contribution in [-0.2, 0) is 4.79 Å². The number of carboxylic acid groups (broad SMARTS) is 1. The van der Waals surface area contributed by atoms with E-state index in [1.54, 1.807) is 0 Å². The number of likely N-dealkylation sites (tertiary alicyclic amines) is 1. The zero-order valence-corrected chi connectivity index (χ0v) is 11.9. The Morgan fingerprint density at radius 2 is 2.00 bits per heavy atom. The molecule has 0 radical (unpaired) electrons. The van der Waals surface area contributed by atoms with Crippen LogP contribution >= 0.6 is 0 Å². The Morgan fingerprint density at radius 3 is 2.47 bits per heavy atom. The minimum atomic E-state index is -1.33. The third-order valence-corrected chi connectivity index (χ3v) is 3.18. The predicted molar refractivity (Wildman–Crippen MR) is 69.9 cm³/mol. The molecular formula is C12H23N3O4. The maximum atomic E-state index is 12.1. The number of aliphatic hydroxyl groups excluding tert-OH is 1. The third kappa shape index (κ3) is 4.07. The molecule has 1 aliphatic heterocycles. The molecule has 2 atom stereocenters. The smallest absolute Gasteiger partial charge is 0.328 e. The van der Waals surface area contributed by atoms with Crippen LogP contribution in [0.2, 0.25) is 0 Å². The standard InChI is InChI=1S/C12H23N3O4/c1-12(2,10(17)18)13-11(19)15-7-9(16)5-8(15)6-14(3)4/h8-9,16H,5-7H2,1-4H3,(H,13,19)(H,17,18). The topological polar surface area (TPSA) is 93.1 Å². The van der Waals surface area contributed by atoms with Gasteiger partial charge in [-0.15, -0.1) is 0 Å². The number of amides is 2. The first-order valence-corrected chi connectivity index (χ1v) is 6.28. The summed E-state index contributed by atoms with van der Waals surface area (Å²) in [6.07, 6.45) is -0.0392.